The second-order valence-corrected chi connectivity index (χ2v) is 5.95. The van der Waals surface area contributed by atoms with Gasteiger partial charge in [0, 0.05) is 30.9 Å². The van der Waals surface area contributed by atoms with Crippen molar-refractivity contribution in [1.82, 2.24) is 10.2 Å². The third kappa shape index (κ3) is 3.18. The van der Waals surface area contributed by atoms with Crippen LogP contribution >= 0.6 is 0 Å². The van der Waals surface area contributed by atoms with Crippen LogP contribution in [0.15, 0.2) is 36.6 Å². The SMILES string of the molecule is C=CCN1C(=O)N/C(=C/c2ccc(N3CCCCC3)cc2F)C1=O. The van der Waals surface area contributed by atoms with Crippen LogP contribution in [0.2, 0.25) is 0 Å². The summed E-state index contributed by atoms with van der Waals surface area (Å²) in [6.07, 6.45) is 6.29. The molecule has 3 rings (SSSR count). The van der Waals surface area contributed by atoms with Crippen molar-refractivity contribution in [3.8, 4) is 0 Å². The number of urea groups is 1. The number of halogens is 1. The molecule has 0 atom stereocenters. The van der Waals surface area contributed by atoms with Gasteiger partial charge in [0.05, 0.1) is 0 Å². The van der Waals surface area contributed by atoms with Gasteiger partial charge in [0.15, 0.2) is 0 Å². The van der Waals surface area contributed by atoms with E-state index in [4.69, 9.17) is 0 Å². The molecule has 1 N–H and O–H groups in total. The van der Waals surface area contributed by atoms with Gasteiger partial charge < -0.3 is 10.2 Å². The van der Waals surface area contributed by atoms with Crippen LogP contribution in [0.5, 0.6) is 0 Å². The fraction of sp³-hybridized carbons (Fsp3) is 0.333. The molecule has 0 aliphatic carbocycles. The number of imide groups is 1. The summed E-state index contributed by atoms with van der Waals surface area (Å²) in [5.41, 5.74) is 1.20. The summed E-state index contributed by atoms with van der Waals surface area (Å²) in [6.45, 7) is 5.51. The van der Waals surface area contributed by atoms with E-state index in [-0.39, 0.29) is 17.8 Å². The lowest BCUT2D eigenvalue weighted by Crippen LogP contribution is -2.30. The first kappa shape index (κ1) is 16.2. The number of piperidine rings is 1. The van der Waals surface area contributed by atoms with Gasteiger partial charge in [-0.1, -0.05) is 6.08 Å². The Labute approximate surface area is 140 Å². The largest absolute Gasteiger partial charge is 0.371 e. The van der Waals surface area contributed by atoms with E-state index in [1.807, 2.05) is 6.07 Å². The standard InChI is InChI=1S/C18H20FN3O2/c1-2-8-22-17(23)16(20-18(22)24)11-13-6-7-14(12-15(13)19)21-9-4-3-5-10-21/h2,6-7,11-12H,1,3-5,8-10H2,(H,20,24)/b16-11+. The van der Waals surface area contributed by atoms with Gasteiger partial charge in [-0.25, -0.2) is 9.18 Å². The van der Waals surface area contributed by atoms with E-state index in [9.17, 15) is 14.0 Å². The van der Waals surface area contributed by atoms with E-state index in [1.54, 1.807) is 6.07 Å². The smallest absolute Gasteiger partial charge is 0.329 e. The van der Waals surface area contributed by atoms with E-state index >= 15 is 0 Å². The Morgan fingerprint density at radius 3 is 2.62 bits per heavy atom. The monoisotopic (exact) mass is 329 g/mol. The Bertz CT molecular complexity index is 708. The number of anilines is 1. The third-order valence-corrected chi connectivity index (χ3v) is 4.28. The number of amides is 3. The van der Waals surface area contributed by atoms with Gasteiger partial charge in [0.2, 0.25) is 0 Å². The van der Waals surface area contributed by atoms with Crippen molar-refractivity contribution >= 4 is 23.7 Å². The number of rotatable bonds is 4. The van der Waals surface area contributed by atoms with E-state index < -0.39 is 17.8 Å². The van der Waals surface area contributed by atoms with E-state index in [0.29, 0.717) is 0 Å². The minimum atomic E-state index is -0.517. The topological polar surface area (TPSA) is 52.7 Å². The molecule has 24 heavy (non-hydrogen) atoms. The molecule has 6 heteroatoms. The first-order valence-electron chi connectivity index (χ1n) is 8.10. The zero-order valence-electron chi connectivity index (χ0n) is 13.4. The molecular formula is C18H20FN3O2. The molecule has 126 valence electrons. The van der Waals surface area contributed by atoms with Crippen LogP contribution < -0.4 is 10.2 Å². The second kappa shape index (κ2) is 6.86. The molecule has 0 aromatic heterocycles. The molecule has 0 unspecified atom stereocenters. The molecule has 2 saturated heterocycles. The van der Waals surface area contributed by atoms with Gasteiger partial charge in [-0.05, 0) is 43.5 Å². The minimum Gasteiger partial charge on any atom is -0.371 e. The Morgan fingerprint density at radius 1 is 1.21 bits per heavy atom. The maximum absolute atomic E-state index is 14.4. The number of nitrogens with zero attached hydrogens (tertiary/aromatic N) is 2. The van der Waals surface area contributed by atoms with Gasteiger partial charge >= 0.3 is 6.03 Å². The molecule has 2 heterocycles. The molecule has 0 spiro atoms. The lowest BCUT2D eigenvalue weighted by atomic mass is 10.1. The number of carbonyl (C=O) groups is 2. The molecule has 2 aliphatic heterocycles. The van der Waals surface area contributed by atoms with Crippen molar-refractivity contribution in [2.75, 3.05) is 24.5 Å². The molecule has 2 fully saturated rings. The highest BCUT2D eigenvalue weighted by atomic mass is 19.1. The van der Waals surface area contributed by atoms with Crippen molar-refractivity contribution in [2.45, 2.75) is 19.3 Å². The average Bonchev–Trinajstić information content (AvgIpc) is 2.85. The quantitative estimate of drug-likeness (QED) is 0.525. The first-order valence-corrected chi connectivity index (χ1v) is 8.10. The van der Waals surface area contributed by atoms with E-state index in [0.717, 1.165) is 36.5 Å². The van der Waals surface area contributed by atoms with Crippen LogP contribution in [0, 0.1) is 5.82 Å². The van der Waals surface area contributed by atoms with Crippen LogP contribution in [0.1, 0.15) is 24.8 Å². The number of hydrogen-bond donors (Lipinski definition) is 1. The number of benzene rings is 1. The highest BCUT2D eigenvalue weighted by Crippen LogP contribution is 2.24. The maximum Gasteiger partial charge on any atom is 0.329 e. The van der Waals surface area contributed by atoms with Gasteiger partial charge in [0.25, 0.3) is 5.91 Å². The normalized spacial score (nSPS) is 19.8. The Hall–Kier alpha value is -2.63. The van der Waals surface area contributed by atoms with Crippen molar-refractivity contribution in [1.29, 1.82) is 0 Å². The van der Waals surface area contributed by atoms with Crippen LogP contribution in [-0.4, -0.2) is 36.5 Å². The van der Waals surface area contributed by atoms with Crippen molar-refractivity contribution < 1.29 is 14.0 Å². The molecule has 1 aromatic carbocycles. The van der Waals surface area contributed by atoms with Crippen molar-refractivity contribution in [2.24, 2.45) is 0 Å². The molecule has 0 saturated carbocycles. The summed E-state index contributed by atoms with van der Waals surface area (Å²) < 4.78 is 14.4. The lowest BCUT2D eigenvalue weighted by Gasteiger charge is -2.28. The van der Waals surface area contributed by atoms with Crippen molar-refractivity contribution in [3.63, 3.8) is 0 Å². The van der Waals surface area contributed by atoms with Crippen LogP contribution in [0.25, 0.3) is 6.08 Å². The summed E-state index contributed by atoms with van der Waals surface area (Å²) in [5, 5.41) is 2.47. The van der Waals surface area contributed by atoms with E-state index in [1.165, 1.54) is 24.6 Å². The number of hydrogen-bond acceptors (Lipinski definition) is 3. The number of nitrogens with one attached hydrogen (secondary N) is 1. The summed E-state index contributed by atoms with van der Waals surface area (Å²) in [7, 11) is 0. The minimum absolute atomic E-state index is 0.0754. The Morgan fingerprint density at radius 2 is 1.96 bits per heavy atom. The van der Waals surface area contributed by atoms with Gasteiger partial charge in [-0.3, -0.25) is 9.69 Å². The highest BCUT2D eigenvalue weighted by molar-refractivity contribution is 6.14. The summed E-state index contributed by atoms with van der Waals surface area (Å²) >= 11 is 0. The fourth-order valence-electron chi connectivity index (χ4n) is 3.00. The Kier molecular flexibility index (Phi) is 4.64. The first-order chi connectivity index (χ1) is 11.6. The predicted molar refractivity (Wildman–Crippen MR) is 90.9 cm³/mol. The lowest BCUT2D eigenvalue weighted by molar-refractivity contribution is -0.122. The highest BCUT2D eigenvalue weighted by Gasteiger charge is 2.32. The van der Waals surface area contributed by atoms with E-state index in [2.05, 4.69) is 16.8 Å². The fourth-order valence-corrected chi connectivity index (χ4v) is 3.00. The molecule has 1 aromatic rings. The molecule has 3 amide bonds. The predicted octanol–water partition coefficient (Wildman–Crippen LogP) is 2.89. The van der Waals surface area contributed by atoms with Crippen molar-refractivity contribution in [3.05, 3.63) is 47.9 Å². The molecular weight excluding hydrogens is 309 g/mol. The van der Waals surface area contributed by atoms with Crippen LogP contribution in [-0.2, 0) is 4.79 Å². The van der Waals surface area contributed by atoms with Gasteiger partial charge in [-0.2, -0.15) is 0 Å². The van der Waals surface area contributed by atoms with Crippen LogP contribution in [0.4, 0.5) is 14.9 Å². The number of carbonyl (C=O) groups excluding carboxylic acids is 2. The Balaban J connectivity index is 1.81. The summed E-state index contributed by atoms with van der Waals surface area (Å²) in [6, 6.07) is 4.46. The van der Waals surface area contributed by atoms with Crippen LogP contribution in [0.3, 0.4) is 0 Å². The zero-order valence-corrected chi connectivity index (χ0v) is 13.4. The zero-order chi connectivity index (χ0) is 17.1. The molecule has 0 bridgehead atoms. The maximum atomic E-state index is 14.4. The molecule has 2 aliphatic rings. The second-order valence-electron chi connectivity index (χ2n) is 5.95. The van der Waals surface area contributed by atoms with Gasteiger partial charge in [-0.15, -0.1) is 6.58 Å². The summed E-state index contributed by atoms with van der Waals surface area (Å²) in [4.78, 5) is 27.0. The van der Waals surface area contributed by atoms with Gasteiger partial charge in [0.1, 0.15) is 11.5 Å². The third-order valence-electron chi connectivity index (χ3n) is 4.28. The average molecular weight is 329 g/mol. The molecule has 5 nitrogen and oxygen atoms in total. The molecule has 0 radical (unpaired) electrons. The summed E-state index contributed by atoms with van der Waals surface area (Å²) in [5.74, 6) is -0.880.